The average Bonchev–Trinajstić information content (AvgIpc) is 3.51. The molecule has 0 saturated heterocycles. The number of amides is 1. The first-order valence-electron chi connectivity index (χ1n) is 11.5. The summed E-state index contributed by atoms with van der Waals surface area (Å²) in [7, 11) is 0. The predicted octanol–water partition coefficient (Wildman–Crippen LogP) is 4.41. The first-order chi connectivity index (χ1) is 16.1. The summed E-state index contributed by atoms with van der Waals surface area (Å²) >= 11 is 1.29. The van der Waals surface area contributed by atoms with Crippen LogP contribution in [0, 0.1) is 6.92 Å². The summed E-state index contributed by atoms with van der Waals surface area (Å²) in [5.41, 5.74) is 2.17. The van der Waals surface area contributed by atoms with Crippen molar-refractivity contribution in [2.75, 3.05) is 5.32 Å². The van der Waals surface area contributed by atoms with Crippen LogP contribution in [0.25, 0.3) is 21.6 Å². The van der Waals surface area contributed by atoms with E-state index < -0.39 is 0 Å². The standard InChI is InChI=1S/C24H24N6O2S/c1-13-18-23(26-17-8-3-2-4-11-30(17)24(18)32)33-19(13)22(31)25-16-7-5-6-15(12-16)21-27-20(28-29-21)14-9-10-14/h5-7,12,14H,2-4,8-11H2,1H3,(H,25,31)(H,27,28,29). The molecule has 1 amide bonds. The van der Waals surface area contributed by atoms with Gasteiger partial charge in [0.1, 0.15) is 16.5 Å². The largest absolute Gasteiger partial charge is 0.321 e. The lowest BCUT2D eigenvalue weighted by atomic mass is 10.1. The minimum absolute atomic E-state index is 0.0252. The fourth-order valence-electron chi connectivity index (χ4n) is 4.49. The number of nitrogens with one attached hydrogen (secondary N) is 2. The van der Waals surface area contributed by atoms with E-state index in [-0.39, 0.29) is 11.5 Å². The van der Waals surface area contributed by atoms with Gasteiger partial charge in [0, 0.05) is 30.1 Å². The zero-order valence-corrected chi connectivity index (χ0v) is 19.2. The Balaban J connectivity index is 1.30. The van der Waals surface area contributed by atoms with Gasteiger partial charge in [-0.3, -0.25) is 19.3 Å². The third kappa shape index (κ3) is 3.66. The molecule has 0 bridgehead atoms. The number of aromatic nitrogens is 5. The monoisotopic (exact) mass is 460 g/mol. The van der Waals surface area contributed by atoms with Crippen molar-refractivity contribution in [3.63, 3.8) is 0 Å². The number of nitrogens with zero attached hydrogens (tertiary/aromatic N) is 4. The Hall–Kier alpha value is -3.33. The summed E-state index contributed by atoms with van der Waals surface area (Å²) < 4.78 is 1.80. The van der Waals surface area contributed by atoms with Gasteiger partial charge in [0.15, 0.2) is 5.82 Å². The third-order valence-electron chi connectivity index (χ3n) is 6.46. The molecule has 4 aromatic rings. The summed E-state index contributed by atoms with van der Waals surface area (Å²) in [5.74, 6) is 2.66. The minimum Gasteiger partial charge on any atom is -0.321 e. The van der Waals surface area contributed by atoms with Crippen LogP contribution in [0.3, 0.4) is 0 Å². The van der Waals surface area contributed by atoms with E-state index >= 15 is 0 Å². The Kier molecular flexibility index (Phi) is 4.86. The maximum Gasteiger partial charge on any atom is 0.266 e. The second-order valence-corrected chi connectivity index (χ2v) is 9.88. The highest BCUT2D eigenvalue weighted by Gasteiger charge is 2.27. The molecule has 1 aliphatic carbocycles. The van der Waals surface area contributed by atoms with Gasteiger partial charge < -0.3 is 5.32 Å². The molecule has 9 heteroatoms. The summed E-state index contributed by atoms with van der Waals surface area (Å²) in [6.07, 6.45) is 6.25. The highest BCUT2D eigenvalue weighted by molar-refractivity contribution is 7.20. The van der Waals surface area contributed by atoms with Crippen LogP contribution >= 0.6 is 11.3 Å². The Morgan fingerprint density at radius 1 is 1.21 bits per heavy atom. The number of benzene rings is 1. The van der Waals surface area contributed by atoms with E-state index in [0.29, 0.717) is 44.6 Å². The molecule has 1 saturated carbocycles. The molecule has 0 atom stereocenters. The maximum absolute atomic E-state index is 13.2. The Morgan fingerprint density at radius 2 is 2.09 bits per heavy atom. The van der Waals surface area contributed by atoms with Crippen molar-refractivity contribution in [3.05, 3.63) is 56.7 Å². The van der Waals surface area contributed by atoms with Crippen LogP contribution in [0.4, 0.5) is 5.69 Å². The number of rotatable bonds is 4. The topological polar surface area (TPSA) is 106 Å². The zero-order chi connectivity index (χ0) is 22.5. The quantitative estimate of drug-likeness (QED) is 0.469. The number of carbonyl (C=O) groups is 1. The third-order valence-corrected chi connectivity index (χ3v) is 7.65. The van der Waals surface area contributed by atoms with Crippen LogP contribution in [0.1, 0.15) is 64.9 Å². The van der Waals surface area contributed by atoms with Crippen LogP contribution in [0.15, 0.2) is 29.1 Å². The van der Waals surface area contributed by atoms with Crippen LogP contribution in [-0.4, -0.2) is 30.6 Å². The zero-order valence-electron chi connectivity index (χ0n) is 18.4. The first-order valence-corrected chi connectivity index (χ1v) is 12.3. The maximum atomic E-state index is 13.2. The summed E-state index contributed by atoms with van der Waals surface area (Å²) in [4.78, 5) is 36.9. The smallest absolute Gasteiger partial charge is 0.266 e. The molecule has 2 aliphatic rings. The number of thiophene rings is 1. The molecule has 8 nitrogen and oxygen atoms in total. The van der Waals surface area contributed by atoms with E-state index in [4.69, 9.17) is 4.98 Å². The van der Waals surface area contributed by atoms with Crippen molar-refractivity contribution in [1.82, 2.24) is 24.7 Å². The van der Waals surface area contributed by atoms with Gasteiger partial charge in [-0.05, 0) is 50.3 Å². The Morgan fingerprint density at radius 3 is 2.94 bits per heavy atom. The molecule has 0 unspecified atom stereocenters. The van der Waals surface area contributed by atoms with Gasteiger partial charge in [0.2, 0.25) is 0 Å². The van der Waals surface area contributed by atoms with Crippen molar-refractivity contribution < 1.29 is 4.79 Å². The molecule has 33 heavy (non-hydrogen) atoms. The van der Waals surface area contributed by atoms with E-state index in [0.717, 1.165) is 55.7 Å². The van der Waals surface area contributed by atoms with Crippen molar-refractivity contribution in [3.8, 4) is 11.4 Å². The van der Waals surface area contributed by atoms with Gasteiger partial charge in [-0.2, -0.15) is 5.10 Å². The molecule has 1 aliphatic heterocycles. The van der Waals surface area contributed by atoms with Crippen LogP contribution < -0.4 is 10.9 Å². The highest BCUT2D eigenvalue weighted by Crippen LogP contribution is 2.38. The van der Waals surface area contributed by atoms with Gasteiger partial charge in [-0.25, -0.2) is 9.97 Å². The summed E-state index contributed by atoms with van der Waals surface area (Å²) in [6.45, 7) is 2.54. The van der Waals surface area contributed by atoms with E-state index in [1.54, 1.807) is 4.57 Å². The van der Waals surface area contributed by atoms with Gasteiger partial charge in [0.05, 0.1) is 10.3 Å². The molecule has 4 heterocycles. The summed E-state index contributed by atoms with van der Waals surface area (Å²) in [6, 6.07) is 7.52. The highest BCUT2D eigenvalue weighted by atomic mass is 32.1. The van der Waals surface area contributed by atoms with Crippen molar-refractivity contribution in [2.24, 2.45) is 0 Å². The minimum atomic E-state index is -0.235. The molecule has 1 aromatic carbocycles. The molecule has 0 radical (unpaired) electrons. The average molecular weight is 461 g/mol. The molecular formula is C24H24N6O2S. The van der Waals surface area contributed by atoms with Crippen LogP contribution in [0.2, 0.25) is 0 Å². The molecular weight excluding hydrogens is 436 g/mol. The molecule has 168 valence electrons. The number of anilines is 1. The van der Waals surface area contributed by atoms with Gasteiger partial charge in [-0.15, -0.1) is 11.3 Å². The number of fused-ring (bicyclic) bond motifs is 2. The molecule has 2 N–H and O–H groups in total. The lowest BCUT2D eigenvalue weighted by Gasteiger charge is -2.08. The fraction of sp³-hybridized carbons (Fsp3) is 0.375. The van der Waals surface area contributed by atoms with Crippen LogP contribution in [-0.2, 0) is 13.0 Å². The second kappa shape index (κ2) is 7.91. The van der Waals surface area contributed by atoms with Crippen LogP contribution in [0.5, 0.6) is 0 Å². The van der Waals surface area contributed by atoms with E-state index in [1.165, 1.54) is 11.3 Å². The normalized spacial score (nSPS) is 15.9. The number of aryl methyl sites for hydroxylation is 2. The number of hydrogen-bond donors (Lipinski definition) is 2. The van der Waals surface area contributed by atoms with Crippen molar-refractivity contribution >= 4 is 33.1 Å². The molecule has 1 fully saturated rings. The predicted molar refractivity (Wildman–Crippen MR) is 128 cm³/mol. The van der Waals surface area contributed by atoms with E-state index in [2.05, 4.69) is 20.5 Å². The lowest BCUT2D eigenvalue weighted by molar-refractivity contribution is 0.103. The molecule has 6 rings (SSSR count). The number of hydrogen-bond acceptors (Lipinski definition) is 6. The van der Waals surface area contributed by atoms with Gasteiger partial charge in [0.25, 0.3) is 11.5 Å². The van der Waals surface area contributed by atoms with Gasteiger partial charge >= 0.3 is 0 Å². The number of carbonyl (C=O) groups excluding carboxylic acids is 1. The van der Waals surface area contributed by atoms with Gasteiger partial charge in [-0.1, -0.05) is 18.6 Å². The van der Waals surface area contributed by atoms with Crippen molar-refractivity contribution in [2.45, 2.75) is 57.9 Å². The molecule has 0 spiro atoms. The summed E-state index contributed by atoms with van der Waals surface area (Å²) in [5, 5.41) is 10.9. The molecule has 3 aromatic heterocycles. The van der Waals surface area contributed by atoms with E-state index in [9.17, 15) is 9.59 Å². The fourth-order valence-corrected chi connectivity index (χ4v) is 5.58. The second-order valence-electron chi connectivity index (χ2n) is 8.89. The van der Waals surface area contributed by atoms with Crippen molar-refractivity contribution in [1.29, 1.82) is 0 Å². The lowest BCUT2D eigenvalue weighted by Crippen LogP contribution is -2.24. The number of aromatic amines is 1. The Labute approximate surface area is 194 Å². The first kappa shape index (κ1) is 20.3. The SMILES string of the molecule is Cc1c(C(=O)Nc2cccc(-c3n[nH]c(C4CC4)n3)c2)sc2nc3n(c(=O)c12)CCCCC3. The Bertz CT molecular complexity index is 1450. The number of H-pyrrole nitrogens is 1. The van der Waals surface area contributed by atoms with E-state index in [1.807, 2.05) is 31.2 Å².